The Kier molecular flexibility index (Phi) is 9.14. The van der Waals surface area contributed by atoms with Crippen LogP contribution in [0.25, 0.3) is 0 Å². The molecule has 0 aliphatic carbocycles. The molecule has 0 aliphatic rings. The molecule has 0 rings (SSSR count). The number of carbonyl (C=O) groups excluding carboxylic acids is 1. The minimum atomic E-state index is 0.157. The number of unbranched alkanes of at least 4 members (excludes halogenated alkanes) is 1. The second kappa shape index (κ2) is 9.46. The van der Waals surface area contributed by atoms with Crippen molar-refractivity contribution in [3.63, 3.8) is 0 Å². The van der Waals surface area contributed by atoms with E-state index in [0.29, 0.717) is 30.8 Å². The molecule has 0 radical (unpaired) electrons. The van der Waals surface area contributed by atoms with E-state index in [1.807, 2.05) is 0 Å². The van der Waals surface area contributed by atoms with E-state index in [1.54, 1.807) is 0 Å². The van der Waals surface area contributed by atoms with Crippen LogP contribution in [0.4, 0.5) is 0 Å². The van der Waals surface area contributed by atoms with Crippen molar-refractivity contribution >= 4 is 5.91 Å². The van der Waals surface area contributed by atoms with E-state index in [9.17, 15) is 4.79 Å². The third-order valence-corrected chi connectivity index (χ3v) is 3.01. The maximum absolute atomic E-state index is 11.8. The Morgan fingerprint density at radius 1 is 1.29 bits per heavy atom. The predicted octanol–water partition coefficient (Wildman–Crippen LogP) is 2.69. The lowest BCUT2D eigenvalue weighted by molar-refractivity contribution is -0.122. The third-order valence-electron chi connectivity index (χ3n) is 3.01. The van der Waals surface area contributed by atoms with Crippen molar-refractivity contribution in [2.24, 2.45) is 17.6 Å². The molecule has 2 atom stereocenters. The van der Waals surface area contributed by atoms with Gasteiger partial charge in [-0.3, -0.25) is 4.79 Å². The van der Waals surface area contributed by atoms with Gasteiger partial charge >= 0.3 is 0 Å². The maximum Gasteiger partial charge on any atom is 0.220 e. The summed E-state index contributed by atoms with van der Waals surface area (Å²) in [5.41, 5.74) is 5.70. The van der Waals surface area contributed by atoms with Gasteiger partial charge in [-0.2, -0.15) is 0 Å². The van der Waals surface area contributed by atoms with Crippen LogP contribution < -0.4 is 11.1 Å². The van der Waals surface area contributed by atoms with E-state index < -0.39 is 0 Å². The Labute approximate surface area is 107 Å². The quantitative estimate of drug-likeness (QED) is 0.653. The lowest BCUT2D eigenvalue weighted by Crippen LogP contribution is -2.35. The molecule has 0 saturated heterocycles. The molecule has 0 aromatic rings. The number of rotatable bonds is 9. The molecule has 102 valence electrons. The average Bonchev–Trinajstić information content (AvgIpc) is 2.24. The van der Waals surface area contributed by atoms with Crippen LogP contribution >= 0.6 is 0 Å². The van der Waals surface area contributed by atoms with Crippen molar-refractivity contribution in [2.75, 3.05) is 6.54 Å². The summed E-state index contributed by atoms with van der Waals surface area (Å²) in [4.78, 5) is 11.8. The molecule has 0 aromatic carbocycles. The summed E-state index contributed by atoms with van der Waals surface area (Å²) in [6, 6.07) is 0.292. The molecule has 0 spiro atoms. The molecule has 3 nitrogen and oxygen atoms in total. The molecule has 17 heavy (non-hydrogen) atoms. The van der Waals surface area contributed by atoms with Crippen LogP contribution in [-0.4, -0.2) is 18.5 Å². The molecule has 3 heteroatoms. The Bertz CT molecular complexity index is 204. The molecule has 0 aliphatic heterocycles. The summed E-state index contributed by atoms with van der Waals surface area (Å²) < 4.78 is 0. The summed E-state index contributed by atoms with van der Waals surface area (Å²) >= 11 is 0. The van der Waals surface area contributed by atoms with Gasteiger partial charge < -0.3 is 11.1 Å². The second-order valence-corrected chi connectivity index (χ2v) is 5.55. The number of nitrogens with two attached hydrogens (primary N) is 1. The number of hydrogen-bond acceptors (Lipinski definition) is 2. The average molecular weight is 242 g/mol. The largest absolute Gasteiger partial charge is 0.354 e. The molecular weight excluding hydrogens is 212 g/mol. The molecule has 1 amide bonds. The van der Waals surface area contributed by atoms with Crippen molar-refractivity contribution in [3.8, 4) is 0 Å². The standard InChI is InChI=1S/C14H30N2O/c1-5-6-7-12(4)16-14(17)9-13(10-15)8-11(2)3/h11-13H,5-10,15H2,1-4H3,(H,16,17)/t12?,13-/m0/s1. The van der Waals surface area contributed by atoms with Crippen molar-refractivity contribution < 1.29 is 4.79 Å². The predicted molar refractivity (Wildman–Crippen MR) is 73.7 cm³/mol. The first-order valence-corrected chi connectivity index (χ1v) is 6.99. The fourth-order valence-electron chi connectivity index (χ4n) is 2.11. The zero-order valence-electron chi connectivity index (χ0n) is 12.0. The van der Waals surface area contributed by atoms with Gasteiger partial charge in [-0.25, -0.2) is 0 Å². The highest BCUT2D eigenvalue weighted by Crippen LogP contribution is 2.14. The van der Waals surface area contributed by atoms with Gasteiger partial charge in [0, 0.05) is 12.5 Å². The third kappa shape index (κ3) is 9.16. The topological polar surface area (TPSA) is 55.1 Å². The number of carbonyl (C=O) groups is 1. The molecule has 0 bridgehead atoms. The van der Waals surface area contributed by atoms with Gasteiger partial charge in [-0.15, -0.1) is 0 Å². The molecule has 0 saturated carbocycles. The smallest absolute Gasteiger partial charge is 0.220 e. The zero-order valence-corrected chi connectivity index (χ0v) is 12.0. The van der Waals surface area contributed by atoms with E-state index in [0.717, 1.165) is 12.8 Å². The minimum Gasteiger partial charge on any atom is -0.354 e. The minimum absolute atomic E-state index is 0.157. The second-order valence-electron chi connectivity index (χ2n) is 5.55. The number of amides is 1. The van der Waals surface area contributed by atoms with Crippen LogP contribution in [-0.2, 0) is 4.79 Å². The van der Waals surface area contributed by atoms with Gasteiger partial charge in [0.25, 0.3) is 0 Å². The van der Waals surface area contributed by atoms with Gasteiger partial charge in [0.2, 0.25) is 5.91 Å². The van der Waals surface area contributed by atoms with Crippen LogP contribution in [0.2, 0.25) is 0 Å². The zero-order chi connectivity index (χ0) is 13.3. The lowest BCUT2D eigenvalue weighted by atomic mass is 9.94. The van der Waals surface area contributed by atoms with Gasteiger partial charge in [-0.1, -0.05) is 33.6 Å². The monoisotopic (exact) mass is 242 g/mol. The summed E-state index contributed by atoms with van der Waals surface area (Å²) in [6.45, 7) is 9.19. The van der Waals surface area contributed by atoms with Gasteiger partial charge in [0.1, 0.15) is 0 Å². The molecule has 0 aromatic heterocycles. The molecular formula is C14H30N2O. The Morgan fingerprint density at radius 3 is 2.41 bits per heavy atom. The van der Waals surface area contributed by atoms with E-state index in [2.05, 4.69) is 33.0 Å². The maximum atomic E-state index is 11.8. The molecule has 3 N–H and O–H groups in total. The van der Waals surface area contributed by atoms with Crippen molar-refractivity contribution in [2.45, 2.75) is 65.8 Å². The van der Waals surface area contributed by atoms with E-state index >= 15 is 0 Å². The normalized spacial score (nSPS) is 14.7. The molecule has 0 heterocycles. The first-order valence-electron chi connectivity index (χ1n) is 6.99. The highest BCUT2D eigenvalue weighted by Gasteiger charge is 2.15. The van der Waals surface area contributed by atoms with Crippen molar-refractivity contribution in [3.05, 3.63) is 0 Å². The first-order chi connectivity index (χ1) is 7.99. The van der Waals surface area contributed by atoms with Crippen molar-refractivity contribution in [1.29, 1.82) is 0 Å². The SMILES string of the molecule is CCCCC(C)NC(=O)C[C@@H](CN)CC(C)C. The van der Waals surface area contributed by atoms with E-state index in [-0.39, 0.29) is 5.91 Å². The van der Waals surface area contributed by atoms with Gasteiger partial charge in [0.05, 0.1) is 0 Å². The molecule has 0 fully saturated rings. The van der Waals surface area contributed by atoms with Crippen LogP contribution in [0, 0.1) is 11.8 Å². The van der Waals surface area contributed by atoms with Gasteiger partial charge in [-0.05, 0) is 38.1 Å². The molecule has 1 unspecified atom stereocenters. The summed E-state index contributed by atoms with van der Waals surface area (Å²) in [5, 5.41) is 3.06. The Morgan fingerprint density at radius 2 is 1.94 bits per heavy atom. The first kappa shape index (κ1) is 16.4. The summed E-state index contributed by atoms with van der Waals surface area (Å²) in [5.74, 6) is 1.09. The fraction of sp³-hybridized carbons (Fsp3) is 0.929. The van der Waals surface area contributed by atoms with Crippen LogP contribution in [0.5, 0.6) is 0 Å². The van der Waals surface area contributed by atoms with Crippen LogP contribution in [0.1, 0.15) is 59.8 Å². The summed E-state index contributed by atoms with van der Waals surface area (Å²) in [6.07, 6.45) is 5.03. The fourth-order valence-corrected chi connectivity index (χ4v) is 2.11. The number of nitrogens with one attached hydrogen (secondary N) is 1. The lowest BCUT2D eigenvalue weighted by Gasteiger charge is -2.19. The van der Waals surface area contributed by atoms with E-state index in [1.165, 1.54) is 12.8 Å². The highest BCUT2D eigenvalue weighted by molar-refractivity contribution is 5.76. The van der Waals surface area contributed by atoms with E-state index in [4.69, 9.17) is 5.73 Å². The summed E-state index contributed by atoms with van der Waals surface area (Å²) in [7, 11) is 0. The van der Waals surface area contributed by atoms with Gasteiger partial charge in [0.15, 0.2) is 0 Å². The number of hydrogen-bond donors (Lipinski definition) is 2. The Hall–Kier alpha value is -0.570. The van der Waals surface area contributed by atoms with Crippen LogP contribution in [0.3, 0.4) is 0 Å². The van der Waals surface area contributed by atoms with Crippen molar-refractivity contribution in [1.82, 2.24) is 5.32 Å². The highest BCUT2D eigenvalue weighted by atomic mass is 16.1. The van der Waals surface area contributed by atoms with Crippen LogP contribution in [0.15, 0.2) is 0 Å². The Balaban J connectivity index is 3.89.